The van der Waals surface area contributed by atoms with Crippen molar-refractivity contribution in [1.29, 1.82) is 0 Å². The van der Waals surface area contributed by atoms with Crippen LogP contribution >= 0.6 is 0 Å². The van der Waals surface area contributed by atoms with Gasteiger partial charge in [0.2, 0.25) is 5.91 Å². The number of hydrogen-bond acceptors (Lipinski definition) is 2. The van der Waals surface area contributed by atoms with Crippen molar-refractivity contribution in [2.75, 3.05) is 5.32 Å². The normalized spacial score (nSPS) is 11.0. The zero-order valence-corrected chi connectivity index (χ0v) is 13.2. The number of anilines is 1. The van der Waals surface area contributed by atoms with Gasteiger partial charge in [-0.1, -0.05) is 24.3 Å². The number of aromatic nitrogens is 2. The minimum absolute atomic E-state index is 0.287. The van der Waals surface area contributed by atoms with E-state index in [1.165, 1.54) is 30.3 Å². The average molecular weight is 339 g/mol. The first kappa shape index (κ1) is 16.6. The van der Waals surface area contributed by atoms with Gasteiger partial charge in [0.1, 0.15) is 11.6 Å². The molecule has 0 aliphatic heterocycles. The summed E-state index contributed by atoms with van der Waals surface area (Å²) >= 11 is 0. The molecule has 0 fully saturated rings. The Morgan fingerprint density at radius 3 is 2.32 bits per heavy atom. The van der Waals surface area contributed by atoms with Gasteiger partial charge in [-0.3, -0.25) is 9.48 Å². The van der Waals surface area contributed by atoms with Crippen LogP contribution < -0.4 is 5.32 Å². The fourth-order valence-electron chi connectivity index (χ4n) is 2.21. The zero-order chi connectivity index (χ0) is 17.6. The lowest BCUT2D eigenvalue weighted by atomic mass is 10.2. The Balaban J connectivity index is 1.57. The van der Waals surface area contributed by atoms with Gasteiger partial charge in [0.15, 0.2) is 5.82 Å². The monoisotopic (exact) mass is 339 g/mol. The molecule has 0 unspecified atom stereocenters. The van der Waals surface area contributed by atoms with Gasteiger partial charge in [0, 0.05) is 18.3 Å². The summed E-state index contributed by atoms with van der Waals surface area (Å²) in [6.07, 6.45) is 4.67. The number of carbonyl (C=O) groups is 1. The number of nitrogens with one attached hydrogen (secondary N) is 1. The Kier molecular flexibility index (Phi) is 4.99. The third-order valence-electron chi connectivity index (χ3n) is 3.45. The predicted molar refractivity (Wildman–Crippen MR) is 91.8 cm³/mol. The van der Waals surface area contributed by atoms with Gasteiger partial charge in [-0.25, -0.2) is 8.78 Å². The van der Waals surface area contributed by atoms with E-state index in [-0.39, 0.29) is 17.5 Å². The van der Waals surface area contributed by atoms with Crippen LogP contribution in [0.4, 0.5) is 14.6 Å². The molecule has 6 heteroatoms. The largest absolute Gasteiger partial charge is 0.306 e. The molecule has 0 saturated carbocycles. The lowest BCUT2D eigenvalue weighted by molar-refractivity contribution is -0.111. The maximum absolute atomic E-state index is 12.9. The highest BCUT2D eigenvalue weighted by atomic mass is 19.1. The second kappa shape index (κ2) is 7.53. The van der Waals surface area contributed by atoms with Crippen LogP contribution in [0.3, 0.4) is 0 Å². The van der Waals surface area contributed by atoms with E-state index in [0.29, 0.717) is 12.4 Å². The molecule has 0 spiro atoms. The summed E-state index contributed by atoms with van der Waals surface area (Å²) < 4.78 is 27.4. The SMILES string of the molecule is O=C(/C=C/c1ccc(F)cc1)Nc1ccn(Cc2ccc(F)cc2)n1. The van der Waals surface area contributed by atoms with Crippen molar-refractivity contribution in [3.05, 3.63) is 89.6 Å². The fourth-order valence-corrected chi connectivity index (χ4v) is 2.21. The standard InChI is InChI=1S/C19H15F2N3O/c20-16-6-1-14(2-7-16)5-10-19(25)22-18-11-12-24(23-18)13-15-3-8-17(21)9-4-15/h1-12H,13H2,(H,22,23,25)/b10-5+. The summed E-state index contributed by atoms with van der Waals surface area (Å²) in [5.74, 6) is -0.536. The Hall–Kier alpha value is -3.28. The second-order valence-electron chi connectivity index (χ2n) is 5.40. The molecule has 1 amide bonds. The van der Waals surface area contributed by atoms with Crippen molar-refractivity contribution in [2.24, 2.45) is 0 Å². The molecule has 0 aliphatic carbocycles. The molecule has 3 rings (SSSR count). The van der Waals surface area contributed by atoms with E-state index < -0.39 is 0 Å². The maximum atomic E-state index is 12.9. The molecule has 4 nitrogen and oxygen atoms in total. The smallest absolute Gasteiger partial charge is 0.249 e. The molecular formula is C19H15F2N3O. The first-order valence-electron chi connectivity index (χ1n) is 7.61. The maximum Gasteiger partial charge on any atom is 0.249 e. The quantitative estimate of drug-likeness (QED) is 0.718. The number of benzene rings is 2. The van der Waals surface area contributed by atoms with Crippen LogP contribution in [0.1, 0.15) is 11.1 Å². The second-order valence-corrected chi connectivity index (χ2v) is 5.40. The molecule has 1 aromatic heterocycles. The Morgan fingerprint density at radius 2 is 1.64 bits per heavy atom. The number of carbonyl (C=O) groups excluding carboxylic acids is 1. The van der Waals surface area contributed by atoms with Crippen LogP contribution in [0, 0.1) is 11.6 Å². The van der Waals surface area contributed by atoms with Crippen molar-refractivity contribution in [3.8, 4) is 0 Å². The highest BCUT2D eigenvalue weighted by molar-refractivity contribution is 6.01. The molecule has 2 aromatic carbocycles. The van der Waals surface area contributed by atoms with E-state index >= 15 is 0 Å². The van der Waals surface area contributed by atoms with Crippen LogP contribution in [0.2, 0.25) is 0 Å². The first-order chi connectivity index (χ1) is 12.1. The molecule has 0 radical (unpaired) electrons. The lowest BCUT2D eigenvalue weighted by Gasteiger charge is -2.02. The molecule has 0 saturated heterocycles. The molecule has 126 valence electrons. The van der Waals surface area contributed by atoms with Crippen molar-refractivity contribution in [2.45, 2.75) is 6.54 Å². The Morgan fingerprint density at radius 1 is 1.00 bits per heavy atom. The van der Waals surface area contributed by atoms with Crippen LogP contribution in [-0.2, 0) is 11.3 Å². The molecule has 1 heterocycles. The van der Waals surface area contributed by atoms with E-state index in [2.05, 4.69) is 10.4 Å². The molecule has 3 aromatic rings. The Labute approximate surface area is 143 Å². The van der Waals surface area contributed by atoms with E-state index in [4.69, 9.17) is 0 Å². The van der Waals surface area contributed by atoms with E-state index in [9.17, 15) is 13.6 Å². The van der Waals surface area contributed by atoms with Gasteiger partial charge in [-0.15, -0.1) is 0 Å². The molecular weight excluding hydrogens is 324 g/mol. The van der Waals surface area contributed by atoms with Crippen LogP contribution in [0.5, 0.6) is 0 Å². The summed E-state index contributed by atoms with van der Waals surface area (Å²) in [5, 5.41) is 6.89. The van der Waals surface area contributed by atoms with Gasteiger partial charge in [0.05, 0.1) is 6.54 Å². The molecule has 0 aliphatic rings. The lowest BCUT2D eigenvalue weighted by Crippen LogP contribution is -2.09. The highest BCUT2D eigenvalue weighted by Gasteiger charge is 2.03. The topological polar surface area (TPSA) is 46.9 Å². The zero-order valence-electron chi connectivity index (χ0n) is 13.2. The van der Waals surface area contributed by atoms with Crippen molar-refractivity contribution < 1.29 is 13.6 Å². The molecule has 0 atom stereocenters. The molecule has 1 N–H and O–H groups in total. The first-order valence-corrected chi connectivity index (χ1v) is 7.61. The van der Waals surface area contributed by atoms with E-state index in [1.807, 2.05) is 0 Å². The molecule has 0 bridgehead atoms. The van der Waals surface area contributed by atoms with Gasteiger partial charge in [-0.2, -0.15) is 5.10 Å². The summed E-state index contributed by atoms with van der Waals surface area (Å²) in [4.78, 5) is 11.9. The van der Waals surface area contributed by atoms with Gasteiger partial charge in [0.25, 0.3) is 0 Å². The predicted octanol–water partition coefficient (Wildman–Crippen LogP) is 3.86. The summed E-state index contributed by atoms with van der Waals surface area (Å²) in [7, 11) is 0. The number of rotatable bonds is 5. The van der Waals surface area contributed by atoms with Crippen LogP contribution in [-0.4, -0.2) is 15.7 Å². The van der Waals surface area contributed by atoms with Crippen molar-refractivity contribution in [1.82, 2.24) is 9.78 Å². The Bertz CT molecular complexity index is 884. The molecule has 25 heavy (non-hydrogen) atoms. The summed E-state index contributed by atoms with van der Waals surface area (Å²) in [6, 6.07) is 13.6. The fraction of sp³-hybridized carbons (Fsp3) is 0.0526. The number of hydrogen-bond donors (Lipinski definition) is 1. The van der Waals surface area contributed by atoms with Gasteiger partial charge < -0.3 is 5.32 Å². The average Bonchev–Trinajstić information content (AvgIpc) is 3.03. The number of amides is 1. The van der Waals surface area contributed by atoms with Gasteiger partial charge >= 0.3 is 0 Å². The van der Waals surface area contributed by atoms with Crippen molar-refractivity contribution in [3.63, 3.8) is 0 Å². The van der Waals surface area contributed by atoms with Crippen LogP contribution in [0.25, 0.3) is 6.08 Å². The summed E-state index contributed by atoms with van der Waals surface area (Å²) in [6.45, 7) is 0.474. The summed E-state index contributed by atoms with van der Waals surface area (Å²) in [5.41, 5.74) is 1.62. The number of halogens is 2. The van der Waals surface area contributed by atoms with E-state index in [0.717, 1.165) is 11.1 Å². The third kappa shape index (κ3) is 4.84. The van der Waals surface area contributed by atoms with Crippen molar-refractivity contribution >= 4 is 17.8 Å². The minimum atomic E-state index is -0.337. The van der Waals surface area contributed by atoms with Gasteiger partial charge in [-0.05, 0) is 41.5 Å². The highest BCUT2D eigenvalue weighted by Crippen LogP contribution is 2.09. The third-order valence-corrected chi connectivity index (χ3v) is 3.45. The van der Waals surface area contributed by atoms with Crippen LogP contribution in [0.15, 0.2) is 66.9 Å². The minimum Gasteiger partial charge on any atom is -0.306 e. The number of nitrogens with zero attached hydrogens (tertiary/aromatic N) is 2. The van der Waals surface area contributed by atoms with E-state index in [1.54, 1.807) is 47.3 Å².